The minimum absolute atomic E-state index is 0.0243. The van der Waals surface area contributed by atoms with Crippen molar-refractivity contribution in [3.05, 3.63) is 0 Å². The van der Waals surface area contributed by atoms with Crippen LogP contribution in [0.2, 0.25) is 0 Å². The van der Waals surface area contributed by atoms with Crippen molar-refractivity contribution in [3.63, 3.8) is 0 Å². The lowest BCUT2D eigenvalue weighted by atomic mass is 10.1. The molecular formula is C8H15ClO2. The average molecular weight is 179 g/mol. The maximum atomic E-state index is 5.62. The van der Waals surface area contributed by atoms with Gasteiger partial charge < -0.3 is 9.47 Å². The monoisotopic (exact) mass is 178 g/mol. The molecular weight excluding hydrogens is 164 g/mol. The Morgan fingerprint density at radius 3 is 2.82 bits per heavy atom. The molecule has 1 aliphatic rings. The van der Waals surface area contributed by atoms with Gasteiger partial charge in [0.15, 0.2) is 6.29 Å². The Morgan fingerprint density at radius 1 is 1.64 bits per heavy atom. The summed E-state index contributed by atoms with van der Waals surface area (Å²) in [5, 5.41) is 0. The van der Waals surface area contributed by atoms with E-state index in [4.69, 9.17) is 21.1 Å². The van der Waals surface area contributed by atoms with Gasteiger partial charge in [-0.2, -0.15) is 0 Å². The van der Waals surface area contributed by atoms with E-state index in [-0.39, 0.29) is 12.4 Å². The van der Waals surface area contributed by atoms with E-state index >= 15 is 0 Å². The summed E-state index contributed by atoms with van der Waals surface area (Å²) in [7, 11) is 0. The molecule has 2 nitrogen and oxygen atoms in total. The van der Waals surface area contributed by atoms with Crippen LogP contribution in [0.4, 0.5) is 0 Å². The van der Waals surface area contributed by atoms with Gasteiger partial charge in [-0.1, -0.05) is 13.8 Å². The SMILES string of the molecule is CCC(C)C1OCC(CCl)O1. The van der Waals surface area contributed by atoms with Crippen LogP contribution in [0.5, 0.6) is 0 Å². The minimum atomic E-state index is -0.0243. The summed E-state index contributed by atoms with van der Waals surface area (Å²) in [6.45, 7) is 4.91. The van der Waals surface area contributed by atoms with Gasteiger partial charge in [-0.05, 0) is 6.42 Å². The summed E-state index contributed by atoms with van der Waals surface area (Å²) in [6.07, 6.45) is 1.17. The van der Waals surface area contributed by atoms with Gasteiger partial charge in [-0.15, -0.1) is 11.6 Å². The van der Waals surface area contributed by atoms with Gasteiger partial charge in [-0.3, -0.25) is 0 Å². The van der Waals surface area contributed by atoms with Gasteiger partial charge in [0.2, 0.25) is 0 Å². The largest absolute Gasteiger partial charge is 0.350 e. The molecule has 0 bridgehead atoms. The first-order valence-electron chi connectivity index (χ1n) is 4.11. The molecule has 0 aromatic rings. The number of hydrogen-bond acceptors (Lipinski definition) is 2. The molecule has 0 N–H and O–H groups in total. The highest BCUT2D eigenvalue weighted by Gasteiger charge is 2.28. The second-order valence-corrected chi connectivity index (χ2v) is 3.31. The smallest absolute Gasteiger partial charge is 0.160 e. The lowest BCUT2D eigenvalue weighted by Crippen LogP contribution is -2.19. The van der Waals surface area contributed by atoms with Crippen molar-refractivity contribution in [1.29, 1.82) is 0 Å². The second-order valence-electron chi connectivity index (χ2n) is 3.00. The molecule has 0 spiro atoms. The van der Waals surface area contributed by atoms with Crippen LogP contribution in [0.25, 0.3) is 0 Å². The molecule has 1 saturated heterocycles. The zero-order valence-electron chi connectivity index (χ0n) is 7.05. The molecule has 1 rings (SSSR count). The number of rotatable bonds is 3. The number of ether oxygens (including phenoxy) is 2. The molecule has 0 radical (unpaired) electrons. The Morgan fingerprint density at radius 2 is 2.36 bits per heavy atom. The molecule has 3 unspecified atom stereocenters. The topological polar surface area (TPSA) is 18.5 Å². The standard InChI is InChI=1S/C8H15ClO2/c1-3-6(2)8-10-5-7(4-9)11-8/h6-8H,3-5H2,1-2H3. The van der Waals surface area contributed by atoms with Crippen LogP contribution in [0.1, 0.15) is 20.3 Å². The highest BCUT2D eigenvalue weighted by atomic mass is 35.5. The number of halogens is 1. The van der Waals surface area contributed by atoms with Crippen molar-refractivity contribution in [2.24, 2.45) is 5.92 Å². The van der Waals surface area contributed by atoms with Crippen molar-refractivity contribution in [3.8, 4) is 0 Å². The molecule has 3 atom stereocenters. The van der Waals surface area contributed by atoms with Crippen molar-refractivity contribution in [2.75, 3.05) is 12.5 Å². The Kier molecular flexibility index (Phi) is 3.63. The van der Waals surface area contributed by atoms with E-state index in [1.807, 2.05) is 0 Å². The van der Waals surface area contributed by atoms with Crippen LogP contribution in [0, 0.1) is 5.92 Å². The summed E-state index contributed by atoms with van der Waals surface area (Å²) >= 11 is 5.62. The minimum Gasteiger partial charge on any atom is -0.350 e. The van der Waals surface area contributed by atoms with Crippen LogP contribution in [-0.2, 0) is 9.47 Å². The maximum absolute atomic E-state index is 5.62. The predicted octanol–water partition coefficient (Wildman–Crippen LogP) is 2.01. The fraction of sp³-hybridized carbons (Fsp3) is 1.00. The summed E-state index contributed by atoms with van der Waals surface area (Å²) in [6, 6.07) is 0. The van der Waals surface area contributed by atoms with E-state index in [9.17, 15) is 0 Å². The van der Waals surface area contributed by atoms with Crippen LogP contribution >= 0.6 is 11.6 Å². The van der Waals surface area contributed by atoms with Crippen LogP contribution < -0.4 is 0 Å². The van der Waals surface area contributed by atoms with E-state index in [0.717, 1.165) is 6.42 Å². The molecule has 66 valence electrons. The van der Waals surface area contributed by atoms with Gasteiger partial charge in [0.05, 0.1) is 18.6 Å². The third-order valence-corrected chi connectivity index (χ3v) is 2.40. The van der Waals surface area contributed by atoms with Gasteiger partial charge in [0, 0.05) is 5.92 Å². The van der Waals surface area contributed by atoms with Crippen molar-refractivity contribution >= 4 is 11.6 Å². The lowest BCUT2D eigenvalue weighted by Gasteiger charge is -2.15. The Hall–Kier alpha value is 0.210. The first kappa shape index (κ1) is 9.30. The Bertz CT molecular complexity index is 119. The van der Waals surface area contributed by atoms with Gasteiger partial charge in [0.25, 0.3) is 0 Å². The molecule has 0 aromatic carbocycles. The quantitative estimate of drug-likeness (QED) is 0.616. The zero-order chi connectivity index (χ0) is 8.27. The highest BCUT2D eigenvalue weighted by molar-refractivity contribution is 6.18. The normalized spacial score (nSPS) is 34.1. The Labute approximate surface area is 72.8 Å². The van der Waals surface area contributed by atoms with E-state index in [2.05, 4.69) is 13.8 Å². The fourth-order valence-corrected chi connectivity index (χ4v) is 1.20. The van der Waals surface area contributed by atoms with E-state index < -0.39 is 0 Å². The predicted molar refractivity (Wildman–Crippen MR) is 44.8 cm³/mol. The third kappa shape index (κ3) is 2.32. The molecule has 1 heterocycles. The second kappa shape index (κ2) is 4.29. The zero-order valence-corrected chi connectivity index (χ0v) is 7.80. The van der Waals surface area contributed by atoms with Crippen LogP contribution in [-0.4, -0.2) is 24.9 Å². The molecule has 11 heavy (non-hydrogen) atoms. The van der Waals surface area contributed by atoms with Gasteiger partial charge in [0.1, 0.15) is 0 Å². The van der Waals surface area contributed by atoms with Crippen LogP contribution in [0.15, 0.2) is 0 Å². The highest BCUT2D eigenvalue weighted by Crippen LogP contribution is 2.21. The van der Waals surface area contributed by atoms with Gasteiger partial charge in [-0.25, -0.2) is 0 Å². The molecule has 1 aliphatic heterocycles. The third-order valence-electron chi connectivity index (χ3n) is 2.05. The molecule has 0 saturated carbocycles. The average Bonchev–Trinajstić information content (AvgIpc) is 2.50. The van der Waals surface area contributed by atoms with Crippen molar-refractivity contribution < 1.29 is 9.47 Å². The molecule has 0 aliphatic carbocycles. The van der Waals surface area contributed by atoms with Crippen molar-refractivity contribution in [2.45, 2.75) is 32.7 Å². The lowest BCUT2D eigenvalue weighted by molar-refractivity contribution is -0.0896. The molecule has 0 aromatic heterocycles. The molecule has 0 amide bonds. The molecule has 3 heteroatoms. The summed E-state index contributed by atoms with van der Waals surface area (Å²) in [4.78, 5) is 0. The van der Waals surface area contributed by atoms with Crippen molar-refractivity contribution in [1.82, 2.24) is 0 Å². The summed E-state index contributed by atoms with van der Waals surface area (Å²) in [5.41, 5.74) is 0. The fourth-order valence-electron chi connectivity index (χ4n) is 1.04. The van der Waals surface area contributed by atoms with Gasteiger partial charge >= 0.3 is 0 Å². The van der Waals surface area contributed by atoms with E-state index in [1.54, 1.807) is 0 Å². The molecule has 1 fully saturated rings. The summed E-state index contributed by atoms with van der Waals surface area (Å²) < 4.78 is 10.9. The first-order chi connectivity index (χ1) is 5.27. The number of hydrogen-bond donors (Lipinski definition) is 0. The summed E-state index contributed by atoms with van der Waals surface area (Å²) in [5.74, 6) is 1.01. The van der Waals surface area contributed by atoms with Crippen LogP contribution in [0.3, 0.4) is 0 Å². The maximum Gasteiger partial charge on any atom is 0.160 e. The number of alkyl halides is 1. The van der Waals surface area contributed by atoms with E-state index in [0.29, 0.717) is 18.4 Å². The first-order valence-corrected chi connectivity index (χ1v) is 4.64. The Balaban J connectivity index is 2.29. The van der Waals surface area contributed by atoms with E-state index in [1.165, 1.54) is 0 Å².